The summed E-state index contributed by atoms with van der Waals surface area (Å²) < 4.78 is 9.51. The first kappa shape index (κ1) is 50.4. The summed E-state index contributed by atoms with van der Waals surface area (Å²) in [6.07, 6.45) is 8.86. The Balaban J connectivity index is 0.00000290. The van der Waals surface area contributed by atoms with E-state index in [0.29, 0.717) is 13.1 Å². The summed E-state index contributed by atoms with van der Waals surface area (Å²) in [6.45, 7) is 8.82. The average Bonchev–Trinajstić information content (AvgIpc) is 4.00. The Morgan fingerprint density at radius 3 is 1.95 bits per heavy atom. The second kappa shape index (κ2) is 22.6. The van der Waals surface area contributed by atoms with Gasteiger partial charge in [0.1, 0.15) is 23.7 Å². The number of benzene rings is 1. The highest BCUT2D eigenvalue weighted by Crippen LogP contribution is 2.35. The van der Waals surface area contributed by atoms with Crippen LogP contribution >= 0.6 is 65.3 Å². The first-order chi connectivity index (χ1) is 26.0. The van der Waals surface area contributed by atoms with E-state index in [2.05, 4.69) is 55.9 Å². The average molecular weight is 895 g/mol. The molecule has 4 N–H and O–H groups in total. The van der Waals surface area contributed by atoms with Crippen LogP contribution in [0.1, 0.15) is 87.6 Å². The van der Waals surface area contributed by atoms with Crippen molar-refractivity contribution in [1.29, 1.82) is 0 Å². The molecule has 1 aromatic carbocycles. The quantitative estimate of drug-likeness (QED) is 0.120. The molecule has 4 amide bonds. The van der Waals surface area contributed by atoms with Crippen LogP contribution in [0.15, 0.2) is 42.6 Å². The van der Waals surface area contributed by atoms with Gasteiger partial charge in [-0.15, -0.1) is 11.3 Å². The van der Waals surface area contributed by atoms with Gasteiger partial charge in [0.05, 0.1) is 54.1 Å². The lowest BCUT2D eigenvalue weighted by molar-refractivity contribution is -0.136. The lowest BCUT2D eigenvalue weighted by Crippen LogP contribution is -2.51. The molecule has 0 bridgehead atoms. The molecule has 2 fully saturated rings. The number of amides is 4. The van der Waals surface area contributed by atoms with Crippen LogP contribution in [-0.4, -0.2) is 93.1 Å². The van der Waals surface area contributed by atoms with Crippen molar-refractivity contribution in [3.05, 3.63) is 64.7 Å². The minimum Gasteiger partial charge on any atom is -0.453 e. The number of rotatable bonds is 12. The number of carbonyl (C=O) groups is 4. The number of fused-ring (bicyclic) bond motifs is 1. The van der Waals surface area contributed by atoms with Crippen LogP contribution in [0.4, 0.5) is 9.59 Å². The van der Waals surface area contributed by atoms with Gasteiger partial charge in [0.2, 0.25) is 11.8 Å². The number of aromatic amines is 2. The first-order valence-corrected chi connectivity index (χ1v) is 19.4. The van der Waals surface area contributed by atoms with E-state index >= 15 is 0 Å². The van der Waals surface area contributed by atoms with Gasteiger partial charge in [-0.1, -0.05) is 45.9 Å². The summed E-state index contributed by atoms with van der Waals surface area (Å²) >= 11 is 1.69. The van der Waals surface area contributed by atoms with Gasteiger partial charge >= 0.3 is 12.2 Å². The third-order valence-electron chi connectivity index (χ3n) is 10.2. The molecule has 19 heteroatoms. The number of imidazole rings is 2. The van der Waals surface area contributed by atoms with Crippen molar-refractivity contribution in [3.63, 3.8) is 0 Å². The predicted octanol–water partition coefficient (Wildman–Crippen LogP) is 6.81. The summed E-state index contributed by atoms with van der Waals surface area (Å²) in [4.78, 5) is 73.3. The normalized spacial score (nSPS) is 17.2. The van der Waals surface area contributed by atoms with Gasteiger partial charge in [-0.2, -0.15) is 54.0 Å². The largest absolute Gasteiger partial charge is 0.453 e. The molecule has 14 nitrogen and oxygen atoms in total. The highest BCUT2D eigenvalue weighted by molar-refractivity contribution is 7.59. The molecule has 2 aliphatic rings. The molecule has 0 spiro atoms. The smallest absolute Gasteiger partial charge is 0.407 e. The van der Waals surface area contributed by atoms with E-state index in [1.165, 1.54) is 19.1 Å². The Bertz CT molecular complexity index is 2020. The van der Waals surface area contributed by atoms with E-state index in [0.717, 1.165) is 70.9 Å². The van der Waals surface area contributed by atoms with E-state index in [4.69, 9.17) is 14.5 Å². The van der Waals surface area contributed by atoms with Gasteiger partial charge in [0, 0.05) is 24.4 Å². The molecule has 0 unspecified atom stereocenters. The molecule has 320 valence electrons. The second-order valence-corrected chi connectivity index (χ2v) is 15.7. The summed E-state index contributed by atoms with van der Waals surface area (Å²) in [5, 5.41) is 5.39. The van der Waals surface area contributed by atoms with E-state index in [1.807, 2.05) is 55.8 Å². The molecule has 58 heavy (non-hydrogen) atoms. The molecular formula is C39H58N8O6S5. The maximum atomic E-state index is 13.5. The zero-order valence-corrected chi connectivity index (χ0v) is 38.5. The number of likely N-dealkylation sites (tertiary alicyclic amines) is 2. The Labute approximate surface area is 371 Å². The van der Waals surface area contributed by atoms with Crippen LogP contribution in [0.2, 0.25) is 0 Å². The van der Waals surface area contributed by atoms with E-state index in [-0.39, 0.29) is 89.7 Å². The van der Waals surface area contributed by atoms with Gasteiger partial charge in [0.25, 0.3) is 0 Å². The molecule has 2 aliphatic heterocycles. The lowest BCUT2D eigenvalue weighted by atomic mass is 10.0. The highest BCUT2D eigenvalue weighted by atomic mass is 32.1. The summed E-state index contributed by atoms with van der Waals surface area (Å²) in [7, 11) is 2.58. The topological polar surface area (TPSA) is 175 Å². The van der Waals surface area contributed by atoms with Crippen molar-refractivity contribution in [2.75, 3.05) is 27.3 Å². The number of ether oxygens (including phenoxy) is 2. The number of hydrogen-bond donors (Lipinski definition) is 4. The van der Waals surface area contributed by atoms with Crippen molar-refractivity contribution in [1.82, 2.24) is 40.4 Å². The van der Waals surface area contributed by atoms with Crippen molar-refractivity contribution < 1.29 is 28.7 Å². The Hall–Kier alpha value is -3.78. The molecule has 0 saturated carbocycles. The molecule has 5 heterocycles. The third-order valence-corrected chi connectivity index (χ3v) is 11.3. The van der Waals surface area contributed by atoms with E-state index in [9.17, 15) is 19.2 Å². The molecular weight excluding hydrogens is 837 g/mol. The Morgan fingerprint density at radius 1 is 0.828 bits per heavy atom. The number of methoxy groups -OCH3 is 2. The van der Waals surface area contributed by atoms with Crippen LogP contribution in [-0.2, 0) is 25.5 Å². The van der Waals surface area contributed by atoms with Crippen molar-refractivity contribution >= 4 is 106 Å². The van der Waals surface area contributed by atoms with Crippen LogP contribution in [0.5, 0.6) is 0 Å². The van der Waals surface area contributed by atoms with Gasteiger partial charge in [-0.3, -0.25) is 9.59 Å². The molecule has 2 saturated heterocycles. The number of carbonyl (C=O) groups excluding carboxylic acids is 4. The Morgan fingerprint density at radius 2 is 1.40 bits per heavy atom. The van der Waals surface area contributed by atoms with Crippen LogP contribution < -0.4 is 10.6 Å². The van der Waals surface area contributed by atoms with Gasteiger partial charge in [-0.05, 0) is 67.3 Å². The fraction of sp³-hybridized carbons (Fsp3) is 0.487. The third kappa shape index (κ3) is 11.5. The number of aromatic nitrogens is 4. The van der Waals surface area contributed by atoms with E-state index < -0.39 is 24.3 Å². The number of H-pyrrole nitrogens is 2. The summed E-state index contributed by atoms with van der Waals surface area (Å²) in [6, 6.07) is 8.54. The van der Waals surface area contributed by atoms with Gasteiger partial charge in [0.15, 0.2) is 0 Å². The fourth-order valence-electron chi connectivity index (χ4n) is 7.27. The summed E-state index contributed by atoms with van der Waals surface area (Å²) in [5.74, 6) is 1.02. The van der Waals surface area contributed by atoms with Crippen molar-refractivity contribution in [3.8, 4) is 10.6 Å². The van der Waals surface area contributed by atoms with Crippen molar-refractivity contribution in [2.45, 2.75) is 84.0 Å². The predicted molar refractivity (Wildman–Crippen MR) is 248 cm³/mol. The fourth-order valence-corrected chi connectivity index (χ4v) is 8.22. The molecule has 0 aliphatic carbocycles. The minimum atomic E-state index is -0.683. The standard InChI is InChI=1S/C39H50N8O6S.4H2S/c1-22(2)32(44-38(50)52-5)36(48)46-18-8-12-29(46)34-40-21-28(43-34)31-17-15-25(54-31)11-7-10-24-14-16-26-27(20-24)42-35(41-26)30-13-9-19-47(30)37(49)33(23(3)4)45-39(51)53-6;;;;/h7,10,14-17,20-23,29-30,32-33H,8-9,11-13,18-19H2,1-6H3,(H,40,43)(H,41,42)(H,44,50)(H,45,51);4*1H2/t29-,30-,32-,33-;;;;/m0..../s1. The molecule has 6 rings (SSSR count). The Kier molecular flexibility index (Phi) is 19.6. The molecule has 3 aromatic heterocycles. The molecule has 4 aromatic rings. The van der Waals surface area contributed by atoms with Gasteiger partial charge < -0.3 is 39.9 Å². The number of alkyl carbamates (subject to hydrolysis) is 2. The van der Waals surface area contributed by atoms with E-state index in [1.54, 1.807) is 11.3 Å². The van der Waals surface area contributed by atoms with Crippen LogP contribution in [0.25, 0.3) is 27.7 Å². The SMILES string of the molecule is COC(=O)N[C@H](C(=O)N1CCC[C@H]1c1ncc(-c2ccc(CC=Cc3ccc4nc([C@@H]5CCCN5C(=O)[C@@H](NC(=O)OC)C(C)C)[nH]c4c3)s2)[nH]1)C(C)C.S.S.S.S. The second-order valence-electron chi connectivity index (χ2n) is 14.5. The lowest BCUT2D eigenvalue weighted by Gasteiger charge is -2.30. The highest BCUT2D eigenvalue weighted by Gasteiger charge is 2.39. The molecule has 0 radical (unpaired) electrons. The van der Waals surface area contributed by atoms with Crippen LogP contribution in [0.3, 0.4) is 0 Å². The number of thiophene rings is 1. The van der Waals surface area contributed by atoms with Crippen LogP contribution in [0, 0.1) is 11.8 Å². The number of nitrogens with one attached hydrogen (secondary N) is 4. The maximum absolute atomic E-state index is 13.5. The minimum absolute atomic E-state index is 0. The number of hydrogen-bond acceptors (Lipinski definition) is 9. The summed E-state index contributed by atoms with van der Waals surface area (Å²) in [5.41, 5.74) is 3.67. The zero-order valence-electron chi connectivity index (χ0n) is 33.7. The number of allylic oxidation sites excluding steroid dienone is 1. The molecule has 4 atom stereocenters. The maximum Gasteiger partial charge on any atom is 0.407 e. The number of nitrogens with zero attached hydrogens (tertiary/aromatic N) is 4. The first-order valence-electron chi connectivity index (χ1n) is 18.6. The zero-order chi connectivity index (χ0) is 38.5. The van der Waals surface area contributed by atoms with Gasteiger partial charge in [-0.25, -0.2) is 19.6 Å². The monoisotopic (exact) mass is 894 g/mol. The van der Waals surface area contributed by atoms with Crippen molar-refractivity contribution in [2.24, 2.45) is 11.8 Å².